The minimum atomic E-state index is -0.866. The smallest absolute Gasteiger partial charge is 0.310 e. The molecule has 4 heteroatoms. The minimum Gasteiger partial charge on any atom is -0.494 e. The number of ether oxygens (including phenoxy) is 1. The van der Waals surface area contributed by atoms with Gasteiger partial charge in [-0.25, -0.2) is 4.39 Å². The highest BCUT2D eigenvalue weighted by Crippen LogP contribution is 2.24. The van der Waals surface area contributed by atoms with Gasteiger partial charge in [-0.1, -0.05) is 36.4 Å². The Labute approximate surface area is 123 Å². The molecule has 0 bridgehead atoms. The molecule has 0 aromatic heterocycles. The van der Waals surface area contributed by atoms with E-state index in [1.807, 2.05) is 18.2 Å². The summed E-state index contributed by atoms with van der Waals surface area (Å²) in [6.07, 6.45) is 0.915. The molecule has 0 amide bonds. The fourth-order valence-electron chi connectivity index (χ4n) is 2.29. The van der Waals surface area contributed by atoms with Crippen LogP contribution in [-0.4, -0.2) is 18.2 Å². The molecule has 110 valence electrons. The third kappa shape index (κ3) is 3.81. The molecule has 1 unspecified atom stereocenters. The normalized spacial score (nSPS) is 11.9. The van der Waals surface area contributed by atoms with Crippen LogP contribution in [0.1, 0.15) is 23.5 Å². The molecule has 0 fully saturated rings. The summed E-state index contributed by atoms with van der Waals surface area (Å²) in [5.41, 5.74) is 1.52. The van der Waals surface area contributed by atoms with Crippen molar-refractivity contribution in [3.8, 4) is 5.75 Å². The standard InChI is InChI=1S/C17H17FO3/c1-21-16-10-8-12(11-15(16)18)7-9-14(17(19)20)13-5-3-2-4-6-13/h2-6,8,10-11,14H,7,9H2,1H3,(H,19,20). The Kier molecular flexibility index (Phi) is 4.93. The molecule has 3 nitrogen and oxygen atoms in total. The van der Waals surface area contributed by atoms with Crippen LogP contribution >= 0.6 is 0 Å². The second kappa shape index (κ2) is 6.88. The first kappa shape index (κ1) is 15.0. The zero-order valence-electron chi connectivity index (χ0n) is 11.8. The van der Waals surface area contributed by atoms with Crippen molar-refractivity contribution in [3.05, 3.63) is 65.5 Å². The summed E-state index contributed by atoms with van der Waals surface area (Å²) in [7, 11) is 1.41. The average molecular weight is 288 g/mol. The highest BCUT2D eigenvalue weighted by atomic mass is 19.1. The molecule has 21 heavy (non-hydrogen) atoms. The van der Waals surface area contributed by atoms with E-state index in [0.717, 1.165) is 11.1 Å². The predicted molar refractivity (Wildman–Crippen MR) is 78.1 cm³/mol. The fraction of sp³-hybridized carbons (Fsp3) is 0.235. The molecule has 0 saturated heterocycles. The van der Waals surface area contributed by atoms with Gasteiger partial charge in [-0.2, -0.15) is 0 Å². The van der Waals surface area contributed by atoms with E-state index in [1.54, 1.807) is 24.3 Å². The summed E-state index contributed by atoms with van der Waals surface area (Å²) in [6.45, 7) is 0. The molecule has 0 radical (unpaired) electrons. The number of aliphatic carboxylic acids is 1. The number of carboxylic acid groups (broad SMARTS) is 1. The van der Waals surface area contributed by atoms with E-state index in [1.165, 1.54) is 13.2 Å². The number of halogens is 1. The Hall–Kier alpha value is -2.36. The van der Waals surface area contributed by atoms with Crippen LogP contribution in [0.25, 0.3) is 0 Å². The SMILES string of the molecule is COc1ccc(CCC(C(=O)O)c2ccccc2)cc1F. The fourth-order valence-corrected chi connectivity index (χ4v) is 2.29. The van der Waals surface area contributed by atoms with Gasteiger partial charge in [0.2, 0.25) is 0 Å². The molecule has 0 aliphatic heterocycles. The number of carbonyl (C=O) groups is 1. The number of rotatable bonds is 6. The van der Waals surface area contributed by atoms with E-state index >= 15 is 0 Å². The zero-order chi connectivity index (χ0) is 15.2. The molecule has 1 atom stereocenters. The van der Waals surface area contributed by atoms with Crippen molar-refractivity contribution >= 4 is 5.97 Å². The van der Waals surface area contributed by atoms with Gasteiger partial charge in [0.15, 0.2) is 11.6 Å². The molecular formula is C17H17FO3. The van der Waals surface area contributed by atoms with Gasteiger partial charge in [0.1, 0.15) is 0 Å². The van der Waals surface area contributed by atoms with E-state index in [-0.39, 0.29) is 5.75 Å². The number of carboxylic acids is 1. The lowest BCUT2D eigenvalue weighted by molar-refractivity contribution is -0.138. The van der Waals surface area contributed by atoms with Gasteiger partial charge in [-0.15, -0.1) is 0 Å². The lowest BCUT2D eigenvalue weighted by atomic mass is 9.92. The first-order valence-electron chi connectivity index (χ1n) is 6.72. The Morgan fingerprint density at radius 1 is 1.24 bits per heavy atom. The highest BCUT2D eigenvalue weighted by molar-refractivity contribution is 5.76. The Bertz CT molecular complexity index is 611. The maximum Gasteiger partial charge on any atom is 0.310 e. The second-order valence-electron chi connectivity index (χ2n) is 4.81. The summed E-state index contributed by atoms with van der Waals surface area (Å²) in [4.78, 5) is 11.4. The van der Waals surface area contributed by atoms with Crippen LogP contribution in [0.15, 0.2) is 48.5 Å². The quantitative estimate of drug-likeness (QED) is 0.882. The molecular weight excluding hydrogens is 271 g/mol. The van der Waals surface area contributed by atoms with Gasteiger partial charge in [-0.05, 0) is 36.1 Å². The summed E-state index contributed by atoms with van der Waals surface area (Å²) in [5.74, 6) is -1.69. The average Bonchev–Trinajstić information content (AvgIpc) is 2.48. The van der Waals surface area contributed by atoms with Gasteiger partial charge < -0.3 is 9.84 Å². The molecule has 2 rings (SSSR count). The van der Waals surface area contributed by atoms with E-state index in [4.69, 9.17) is 4.74 Å². The van der Waals surface area contributed by atoms with Gasteiger partial charge in [0, 0.05) is 0 Å². The minimum absolute atomic E-state index is 0.191. The summed E-state index contributed by atoms with van der Waals surface area (Å²) in [5, 5.41) is 9.35. The molecule has 0 heterocycles. The molecule has 0 spiro atoms. The van der Waals surface area contributed by atoms with Crippen LogP contribution in [0, 0.1) is 5.82 Å². The molecule has 0 aliphatic rings. The van der Waals surface area contributed by atoms with Crippen molar-refractivity contribution in [2.24, 2.45) is 0 Å². The molecule has 0 saturated carbocycles. The maximum atomic E-state index is 13.6. The predicted octanol–water partition coefficient (Wildman–Crippen LogP) is 3.64. The number of methoxy groups -OCH3 is 1. The number of hydrogen-bond donors (Lipinski definition) is 1. The van der Waals surface area contributed by atoms with Gasteiger partial charge in [0.05, 0.1) is 13.0 Å². The topological polar surface area (TPSA) is 46.5 Å². The number of aryl methyl sites for hydroxylation is 1. The first-order valence-corrected chi connectivity index (χ1v) is 6.72. The van der Waals surface area contributed by atoms with E-state index in [0.29, 0.717) is 12.8 Å². The Morgan fingerprint density at radius 3 is 2.52 bits per heavy atom. The van der Waals surface area contributed by atoms with E-state index in [2.05, 4.69) is 0 Å². The first-order chi connectivity index (χ1) is 10.1. The van der Waals surface area contributed by atoms with Crippen molar-refractivity contribution in [2.75, 3.05) is 7.11 Å². The maximum absolute atomic E-state index is 13.6. The largest absolute Gasteiger partial charge is 0.494 e. The van der Waals surface area contributed by atoms with Gasteiger partial charge in [-0.3, -0.25) is 4.79 Å². The van der Waals surface area contributed by atoms with Crippen LogP contribution in [-0.2, 0) is 11.2 Å². The van der Waals surface area contributed by atoms with Crippen LogP contribution in [0.3, 0.4) is 0 Å². The van der Waals surface area contributed by atoms with Crippen LogP contribution in [0.5, 0.6) is 5.75 Å². The van der Waals surface area contributed by atoms with Crippen LogP contribution in [0.4, 0.5) is 4.39 Å². The molecule has 2 aromatic rings. The van der Waals surface area contributed by atoms with Crippen molar-refractivity contribution in [3.63, 3.8) is 0 Å². The van der Waals surface area contributed by atoms with E-state index < -0.39 is 17.7 Å². The van der Waals surface area contributed by atoms with Crippen molar-refractivity contribution in [1.29, 1.82) is 0 Å². The number of hydrogen-bond acceptors (Lipinski definition) is 2. The Balaban J connectivity index is 2.09. The summed E-state index contributed by atoms with van der Waals surface area (Å²) < 4.78 is 18.5. The van der Waals surface area contributed by atoms with Crippen molar-refractivity contribution in [2.45, 2.75) is 18.8 Å². The van der Waals surface area contributed by atoms with Crippen LogP contribution < -0.4 is 4.74 Å². The molecule has 0 aliphatic carbocycles. The van der Waals surface area contributed by atoms with E-state index in [9.17, 15) is 14.3 Å². The van der Waals surface area contributed by atoms with Crippen molar-refractivity contribution in [1.82, 2.24) is 0 Å². The summed E-state index contributed by atoms with van der Waals surface area (Å²) >= 11 is 0. The molecule has 2 aromatic carbocycles. The zero-order valence-corrected chi connectivity index (χ0v) is 11.8. The number of benzene rings is 2. The van der Waals surface area contributed by atoms with Crippen molar-refractivity contribution < 1.29 is 19.0 Å². The van der Waals surface area contributed by atoms with Crippen LogP contribution in [0.2, 0.25) is 0 Å². The van der Waals surface area contributed by atoms with Gasteiger partial charge in [0.25, 0.3) is 0 Å². The lowest BCUT2D eigenvalue weighted by Crippen LogP contribution is -2.12. The third-order valence-corrected chi connectivity index (χ3v) is 3.44. The summed E-state index contributed by atoms with van der Waals surface area (Å²) in [6, 6.07) is 13.8. The third-order valence-electron chi connectivity index (χ3n) is 3.44. The second-order valence-corrected chi connectivity index (χ2v) is 4.81. The Morgan fingerprint density at radius 2 is 1.95 bits per heavy atom. The highest BCUT2D eigenvalue weighted by Gasteiger charge is 2.19. The molecule has 1 N–H and O–H groups in total. The monoisotopic (exact) mass is 288 g/mol. The lowest BCUT2D eigenvalue weighted by Gasteiger charge is -2.13. The van der Waals surface area contributed by atoms with Gasteiger partial charge >= 0.3 is 5.97 Å².